The summed E-state index contributed by atoms with van der Waals surface area (Å²) in [6.07, 6.45) is 1.13. The Hall–Kier alpha value is -1.12. The highest BCUT2D eigenvalue weighted by atomic mass is 35.5. The maximum Gasteiger partial charge on any atom is 0.0478 e. The third-order valence-corrected chi connectivity index (χ3v) is 4.77. The Morgan fingerprint density at radius 2 is 1.83 bits per heavy atom. The van der Waals surface area contributed by atoms with E-state index in [1.807, 2.05) is 23.9 Å². The fourth-order valence-electron chi connectivity index (χ4n) is 2.18. The van der Waals surface area contributed by atoms with Gasteiger partial charge in [0, 0.05) is 27.4 Å². The fraction of sp³-hybridized carbons (Fsp3) is 0.200. The van der Waals surface area contributed by atoms with Crippen LogP contribution in [-0.4, -0.2) is 6.54 Å². The molecule has 3 rings (SSSR count). The molecule has 0 saturated heterocycles. The zero-order valence-electron chi connectivity index (χ0n) is 9.90. The summed E-state index contributed by atoms with van der Waals surface area (Å²) >= 11 is 7.88. The van der Waals surface area contributed by atoms with Crippen LogP contribution in [0.25, 0.3) is 0 Å². The van der Waals surface area contributed by atoms with Gasteiger partial charge in [-0.2, -0.15) is 0 Å². The molecule has 0 radical (unpaired) electrons. The Morgan fingerprint density at radius 1 is 1.06 bits per heavy atom. The highest BCUT2D eigenvalue weighted by Gasteiger charge is 2.18. The lowest BCUT2D eigenvalue weighted by molar-refractivity contribution is 0.850. The zero-order chi connectivity index (χ0) is 12.4. The Balaban J connectivity index is 1.89. The van der Waals surface area contributed by atoms with Gasteiger partial charge in [0.25, 0.3) is 0 Å². The minimum atomic E-state index is 0.499. The Kier molecular flexibility index (Phi) is 3.48. The molecule has 18 heavy (non-hydrogen) atoms. The van der Waals surface area contributed by atoms with E-state index in [9.17, 15) is 0 Å². The molecule has 2 aromatic rings. The van der Waals surface area contributed by atoms with E-state index in [-0.39, 0.29) is 0 Å². The van der Waals surface area contributed by atoms with Crippen molar-refractivity contribution in [2.45, 2.75) is 16.6 Å². The highest BCUT2D eigenvalue weighted by molar-refractivity contribution is 7.99. The lowest BCUT2D eigenvalue weighted by atomic mass is 10.1. The first kappa shape index (κ1) is 11.9. The molecule has 1 heterocycles. The number of anilines is 1. The van der Waals surface area contributed by atoms with E-state index in [4.69, 9.17) is 11.6 Å². The Labute approximate surface area is 117 Å². The molecule has 2 aromatic carbocycles. The molecule has 1 nitrogen and oxygen atoms in total. The molecule has 0 saturated carbocycles. The minimum Gasteiger partial charge on any atom is -0.384 e. The lowest BCUT2D eigenvalue weighted by Crippen LogP contribution is -2.02. The number of rotatable bonds is 1. The average Bonchev–Trinajstić information content (AvgIpc) is 2.61. The molecule has 1 aliphatic heterocycles. The normalized spacial score (nSPS) is 18.6. The summed E-state index contributed by atoms with van der Waals surface area (Å²) < 4.78 is 0. The molecule has 0 aliphatic carbocycles. The molecule has 92 valence electrons. The number of para-hydroxylation sites is 1. The second-order valence-electron chi connectivity index (χ2n) is 4.37. The van der Waals surface area contributed by atoms with E-state index in [1.165, 1.54) is 16.1 Å². The highest BCUT2D eigenvalue weighted by Crippen LogP contribution is 2.43. The van der Waals surface area contributed by atoms with E-state index < -0.39 is 0 Å². The Morgan fingerprint density at radius 3 is 2.67 bits per heavy atom. The van der Waals surface area contributed by atoms with Crippen LogP contribution in [-0.2, 0) is 0 Å². The van der Waals surface area contributed by atoms with Crippen molar-refractivity contribution in [3.8, 4) is 0 Å². The first-order chi connectivity index (χ1) is 8.83. The van der Waals surface area contributed by atoms with E-state index >= 15 is 0 Å². The molecule has 1 N–H and O–H groups in total. The van der Waals surface area contributed by atoms with Crippen molar-refractivity contribution < 1.29 is 0 Å². The van der Waals surface area contributed by atoms with Gasteiger partial charge in [-0.15, -0.1) is 11.8 Å². The van der Waals surface area contributed by atoms with Crippen molar-refractivity contribution in [3.63, 3.8) is 0 Å². The maximum atomic E-state index is 5.94. The van der Waals surface area contributed by atoms with Crippen LogP contribution < -0.4 is 5.32 Å². The summed E-state index contributed by atoms with van der Waals surface area (Å²) in [5, 5.41) is 4.79. The summed E-state index contributed by atoms with van der Waals surface area (Å²) in [6.45, 7) is 1.01. The number of halogens is 1. The number of fused-ring (bicyclic) bond motifs is 1. The second kappa shape index (κ2) is 5.25. The topological polar surface area (TPSA) is 12.0 Å². The number of nitrogens with one attached hydrogen (secondary N) is 1. The van der Waals surface area contributed by atoms with Gasteiger partial charge < -0.3 is 5.32 Å². The molecular formula is C15H14ClNS. The summed E-state index contributed by atoms with van der Waals surface area (Å²) in [6, 6.07) is 16.7. The molecule has 1 unspecified atom stereocenters. The Bertz CT molecular complexity index is 538. The molecule has 0 amide bonds. The smallest absolute Gasteiger partial charge is 0.0478 e. The molecule has 0 bridgehead atoms. The number of benzene rings is 2. The van der Waals surface area contributed by atoms with Gasteiger partial charge in [-0.1, -0.05) is 35.9 Å². The minimum absolute atomic E-state index is 0.499. The first-order valence-corrected chi connectivity index (χ1v) is 7.34. The van der Waals surface area contributed by atoms with E-state index in [2.05, 4.69) is 41.7 Å². The third-order valence-electron chi connectivity index (χ3n) is 3.12. The summed E-state index contributed by atoms with van der Waals surface area (Å²) in [7, 11) is 0. The molecule has 1 aliphatic rings. The number of hydrogen-bond acceptors (Lipinski definition) is 2. The SMILES string of the molecule is Clc1ccc(C2CCNc3ccccc3S2)cc1. The van der Waals surface area contributed by atoms with Crippen LogP contribution in [0.1, 0.15) is 17.2 Å². The molecule has 0 aromatic heterocycles. The fourth-order valence-corrected chi connectivity index (χ4v) is 3.56. The average molecular weight is 276 g/mol. The van der Waals surface area contributed by atoms with E-state index in [0.29, 0.717) is 5.25 Å². The van der Waals surface area contributed by atoms with Crippen molar-refractivity contribution in [1.29, 1.82) is 0 Å². The summed E-state index contributed by atoms with van der Waals surface area (Å²) in [5.74, 6) is 0. The van der Waals surface area contributed by atoms with Crippen molar-refractivity contribution >= 4 is 29.1 Å². The molecular weight excluding hydrogens is 262 g/mol. The van der Waals surface area contributed by atoms with Gasteiger partial charge in [-0.05, 0) is 36.2 Å². The third kappa shape index (κ3) is 2.50. The van der Waals surface area contributed by atoms with Crippen LogP contribution in [0.5, 0.6) is 0 Å². The van der Waals surface area contributed by atoms with Gasteiger partial charge in [0.15, 0.2) is 0 Å². The van der Waals surface area contributed by atoms with E-state index in [1.54, 1.807) is 0 Å². The van der Waals surface area contributed by atoms with Gasteiger partial charge >= 0.3 is 0 Å². The number of hydrogen-bond donors (Lipinski definition) is 1. The van der Waals surface area contributed by atoms with Crippen LogP contribution in [0.15, 0.2) is 53.4 Å². The quantitative estimate of drug-likeness (QED) is 0.787. The zero-order valence-corrected chi connectivity index (χ0v) is 11.5. The van der Waals surface area contributed by atoms with Crippen molar-refractivity contribution in [2.75, 3.05) is 11.9 Å². The largest absolute Gasteiger partial charge is 0.384 e. The second-order valence-corrected chi connectivity index (χ2v) is 6.05. The molecule has 3 heteroatoms. The van der Waals surface area contributed by atoms with Crippen LogP contribution in [0.4, 0.5) is 5.69 Å². The monoisotopic (exact) mass is 275 g/mol. The lowest BCUT2D eigenvalue weighted by Gasteiger charge is -2.14. The maximum absolute atomic E-state index is 5.94. The van der Waals surface area contributed by atoms with Crippen LogP contribution in [0, 0.1) is 0 Å². The van der Waals surface area contributed by atoms with Gasteiger partial charge in [-0.25, -0.2) is 0 Å². The van der Waals surface area contributed by atoms with Gasteiger partial charge in [0.2, 0.25) is 0 Å². The summed E-state index contributed by atoms with van der Waals surface area (Å²) in [5.41, 5.74) is 2.60. The number of thioether (sulfide) groups is 1. The van der Waals surface area contributed by atoms with Gasteiger partial charge in [0.1, 0.15) is 0 Å². The molecule has 1 atom stereocenters. The molecule has 0 fully saturated rings. The standard InChI is InChI=1S/C15H14ClNS/c16-12-7-5-11(6-8-12)14-9-10-17-13-3-1-2-4-15(13)18-14/h1-8,14,17H,9-10H2. The van der Waals surface area contributed by atoms with Crippen molar-refractivity contribution in [2.24, 2.45) is 0 Å². The summed E-state index contributed by atoms with van der Waals surface area (Å²) in [4.78, 5) is 1.33. The molecule has 0 spiro atoms. The van der Waals surface area contributed by atoms with Crippen LogP contribution >= 0.6 is 23.4 Å². The van der Waals surface area contributed by atoms with Crippen molar-refractivity contribution in [3.05, 3.63) is 59.1 Å². The van der Waals surface area contributed by atoms with Crippen molar-refractivity contribution in [1.82, 2.24) is 0 Å². The van der Waals surface area contributed by atoms with E-state index in [0.717, 1.165) is 18.0 Å². The predicted molar refractivity (Wildman–Crippen MR) is 79.6 cm³/mol. The van der Waals surface area contributed by atoms with Crippen LogP contribution in [0.2, 0.25) is 5.02 Å². The van der Waals surface area contributed by atoms with Gasteiger partial charge in [0.05, 0.1) is 0 Å². The van der Waals surface area contributed by atoms with Gasteiger partial charge in [-0.3, -0.25) is 0 Å². The predicted octanol–water partition coefficient (Wildman–Crippen LogP) is 4.99. The van der Waals surface area contributed by atoms with Crippen LogP contribution in [0.3, 0.4) is 0 Å². The first-order valence-electron chi connectivity index (χ1n) is 6.08.